The highest BCUT2D eigenvalue weighted by molar-refractivity contribution is 5.92. The van der Waals surface area contributed by atoms with Crippen LogP contribution in [0.25, 0.3) is 10.9 Å². The number of carbonyl (C=O) groups excluding carboxylic acids is 3. The summed E-state index contributed by atoms with van der Waals surface area (Å²) in [5.41, 5.74) is 3.29. The van der Waals surface area contributed by atoms with Crippen molar-refractivity contribution in [3.05, 3.63) is 95.7 Å². The van der Waals surface area contributed by atoms with Gasteiger partial charge in [0.05, 0.1) is 18.6 Å². The van der Waals surface area contributed by atoms with E-state index in [0.717, 1.165) is 27.6 Å². The van der Waals surface area contributed by atoms with Crippen molar-refractivity contribution < 1.29 is 19.5 Å². The van der Waals surface area contributed by atoms with E-state index in [1.54, 1.807) is 50.8 Å². The second-order valence-electron chi connectivity index (χ2n) is 11.1. The minimum absolute atomic E-state index is 0.0550. The van der Waals surface area contributed by atoms with Gasteiger partial charge in [-0.05, 0) is 28.8 Å². The lowest BCUT2D eigenvalue weighted by molar-refractivity contribution is -0.187. The molecular formula is C33H33N7O4. The maximum absolute atomic E-state index is 14.2. The van der Waals surface area contributed by atoms with Gasteiger partial charge in [-0.25, -0.2) is 14.8 Å². The number of urea groups is 1. The van der Waals surface area contributed by atoms with Gasteiger partial charge in [0.25, 0.3) is 0 Å². The van der Waals surface area contributed by atoms with E-state index in [4.69, 9.17) is 6.42 Å². The predicted octanol–water partition coefficient (Wildman–Crippen LogP) is 2.56. The molecule has 3 heterocycles. The standard InChI is InChI=1S/C33H33N7O4/c1-3-16-38-20-26-11-7-10-25(31(26)35-38)19-37-21-29-39(28(32(37)43)17-23-12-14-27(41)15-13-23)30(42)22-36(2)40(29)33(44)34-18-24-8-5-4-6-9-24/h1,4-15,20,28-29,41H,16-19,21-22H2,2H3,(H,34,44)/t28-,29-/m0/s1. The van der Waals surface area contributed by atoms with Crippen LogP contribution in [0, 0.1) is 12.3 Å². The Morgan fingerprint density at radius 2 is 1.82 bits per heavy atom. The maximum Gasteiger partial charge on any atom is 0.334 e. The number of terminal acetylenes is 1. The van der Waals surface area contributed by atoms with E-state index in [0.29, 0.717) is 13.1 Å². The van der Waals surface area contributed by atoms with Crippen LogP contribution in [0.2, 0.25) is 0 Å². The van der Waals surface area contributed by atoms with Crippen LogP contribution in [0.1, 0.15) is 16.7 Å². The molecule has 0 aliphatic carbocycles. The number of carbonyl (C=O) groups is 3. The van der Waals surface area contributed by atoms with Crippen molar-refractivity contribution in [2.45, 2.75) is 38.3 Å². The first-order valence-electron chi connectivity index (χ1n) is 14.4. The number of phenols is 1. The quantitative estimate of drug-likeness (QED) is 0.320. The Morgan fingerprint density at radius 1 is 1.05 bits per heavy atom. The number of hydrazine groups is 1. The summed E-state index contributed by atoms with van der Waals surface area (Å²) in [5, 5.41) is 21.5. The van der Waals surface area contributed by atoms with Crippen molar-refractivity contribution in [2.24, 2.45) is 0 Å². The first kappa shape index (κ1) is 28.8. The van der Waals surface area contributed by atoms with E-state index in [1.165, 1.54) is 5.01 Å². The highest BCUT2D eigenvalue weighted by atomic mass is 16.3. The number of nitrogens with zero attached hydrogens (tertiary/aromatic N) is 6. The molecule has 11 nitrogen and oxygen atoms in total. The van der Waals surface area contributed by atoms with Gasteiger partial charge in [-0.15, -0.1) is 6.42 Å². The van der Waals surface area contributed by atoms with Crippen molar-refractivity contribution in [1.29, 1.82) is 0 Å². The maximum atomic E-state index is 14.2. The largest absolute Gasteiger partial charge is 0.508 e. The van der Waals surface area contributed by atoms with Gasteiger partial charge in [0.2, 0.25) is 11.8 Å². The Kier molecular flexibility index (Phi) is 7.91. The monoisotopic (exact) mass is 591 g/mol. The minimum Gasteiger partial charge on any atom is -0.508 e. The molecule has 0 spiro atoms. The summed E-state index contributed by atoms with van der Waals surface area (Å²) >= 11 is 0. The molecule has 4 aromatic rings. The van der Waals surface area contributed by atoms with Crippen LogP contribution >= 0.6 is 0 Å². The van der Waals surface area contributed by atoms with Gasteiger partial charge in [0.15, 0.2) is 0 Å². The van der Waals surface area contributed by atoms with Gasteiger partial charge in [-0.3, -0.25) is 14.3 Å². The van der Waals surface area contributed by atoms with Crippen LogP contribution < -0.4 is 5.32 Å². The molecule has 0 bridgehead atoms. The molecule has 0 radical (unpaired) electrons. The first-order valence-corrected chi connectivity index (χ1v) is 14.4. The Hall–Kier alpha value is -5.34. The number of aromatic hydroxyl groups is 1. The van der Waals surface area contributed by atoms with Crippen LogP contribution in [0.5, 0.6) is 5.75 Å². The highest BCUT2D eigenvalue weighted by Crippen LogP contribution is 2.30. The lowest BCUT2D eigenvalue weighted by Gasteiger charge is -2.54. The van der Waals surface area contributed by atoms with Gasteiger partial charge in [0, 0.05) is 38.1 Å². The molecule has 0 unspecified atom stereocenters. The molecule has 2 aliphatic heterocycles. The van der Waals surface area contributed by atoms with Crippen LogP contribution in [0.3, 0.4) is 0 Å². The number of hydrogen-bond acceptors (Lipinski definition) is 6. The SMILES string of the molecule is C#CCn1cc2cccc(CN3C[C@H]4N(C(=O)CN(C)N4C(=O)NCc4ccccc4)[C@@H](Cc4ccc(O)cc4)C3=O)c2n1. The van der Waals surface area contributed by atoms with Gasteiger partial charge in [-0.2, -0.15) is 5.10 Å². The molecule has 44 heavy (non-hydrogen) atoms. The lowest BCUT2D eigenvalue weighted by atomic mass is 9.98. The van der Waals surface area contributed by atoms with Gasteiger partial charge in [0.1, 0.15) is 24.5 Å². The fraction of sp³-hybridized carbons (Fsp3) is 0.273. The minimum atomic E-state index is -0.859. The van der Waals surface area contributed by atoms with E-state index < -0.39 is 12.2 Å². The van der Waals surface area contributed by atoms with Crippen molar-refractivity contribution in [2.75, 3.05) is 20.1 Å². The Labute approximate surface area is 255 Å². The topological polar surface area (TPSA) is 114 Å². The molecule has 11 heteroatoms. The summed E-state index contributed by atoms with van der Waals surface area (Å²) in [5.74, 6) is 2.24. The number of aromatic nitrogens is 2. The third-order valence-electron chi connectivity index (χ3n) is 8.08. The highest BCUT2D eigenvalue weighted by Gasteiger charge is 2.50. The number of hydrogen-bond donors (Lipinski definition) is 2. The van der Waals surface area contributed by atoms with Crippen LogP contribution in [0.15, 0.2) is 79.0 Å². The fourth-order valence-electron chi connectivity index (χ4n) is 6.02. The fourth-order valence-corrected chi connectivity index (χ4v) is 6.02. The number of piperazine rings is 1. The Morgan fingerprint density at radius 3 is 2.57 bits per heavy atom. The van der Waals surface area contributed by atoms with Crippen molar-refractivity contribution in [3.63, 3.8) is 0 Å². The average Bonchev–Trinajstić information content (AvgIpc) is 3.43. The summed E-state index contributed by atoms with van der Waals surface area (Å²) in [6, 6.07) is 20.7. The first-order chi connectivity index (χ1) is 21.3. The van der Waals surface area contributed by atoms with Gasteiger partial charge < -0.3 is 20.2 Å². The van der Waals surface area contributed by atoms with Gasteiger partial charge in [-0.1, -0.05) is 66.6 Å². The average molecular weight is 592 g/mol. The number of fused-ring (bicyclic) bond motifs is 2. The van der Waals surface area contributed by atoms with E-state index >= 15 is 0 Å². The zero-order valence-electron chi connectivity index (χ0n) is 24.3. The van der Waals surface area contributed by atoms with E-state index in [2.05, 4.69) is 16.3 Å². The van der Waals surface area contributed by atoms with Crippen LogP contribution in [-0.2, 0) is 35.6 Å². The van der Waals surface area contributed by atoms with Crippen LogP contribution in [-0.4, -0.2) is 84.9 Å². The number of benzene rings is 3. The van der Waals surface area contributed by atoms with Crippen LogP contribution in [0.4, 0.5) is 4.79 Å². The Bertz CT molecular complexity index is 1730. The van der Waals surface area contributed by atoms with Crippen molar-refractivity contribution >= 4 is 28.7 Å². The number of rotatable bonds is 7. The number of nitrogens with one attached hydrogen (secondary N) is 1. The third kappa shape index (κ3) is 5.67. The van der Waals surface area contributed by atoms with E-state index in [-0.39, 0.29) is 49.7 Å². The summed E-state index contributed by atoms with van der Waals surface area (Å²) < 4.78 is 1.69. The number of likely N-dealkylation sites (N-methyl/N-ethyl adjacent to an activating group) is 1. The summed E-state index contributed by atoms with van der Waals surface area (Å²) in [4.78, 5) is 44.7. The second kappa shape index (κ2) is 12.1. The van der Waals surface area contributed by atoms with Crippen molar-refractivity contribution in [3.8, 4) is 18.1 Å². The number of amides is 4. The molecule has 6 rings (SSSR count). The third-order valence-corrected chi connectivity index (χ3v) is 8.08. The molecule has 4 amide bonds. The molecule has 2 N–H and O–H groups in total. The Balaban J connectivity index is 1.34. The summed E-state index contributed by atoms with van der Waals surface area (Å²) in [6.45, 7) is 0.926. The van der Waals surface area contributed by atoms with E-state index in [1.807, 2.05) is 54.7 Å². The lowest BCUT2D eigenvalue weighted by Crippen LogP contribution is -2.76. The molecule has 2 fully saturated rings. The second-order valence-corrected chi connectivity index (χ2v) is 11.1. The number of phenolic OH excluding ortho intramolecular Hbond substituents is 1. The molecule has 2 atom stereocenters. The van der Waals surface area contributed by atoms with Crippen molar-refractivity contribution in [1.82, 2.24) is 34.9 Å². The molecule has 1 aromatic heterocycles. The zero-order chi connectivity index (χ0) is 30.8. The molecular weight excluding hydrogens is 558 g/mol. The van der Waals surface area contributed by atoms with Gasteiger partial charge >= 0.3 is 6.03 Å². The zero-order valence-corrected chi connectivity index (χ0v) is 24.3. The van der Waals surface area contributed by atoms with E-state index in [9.17, 15) is 19.5 Å². The smallest absolute Gasteiger partial charge is 0.334 e. The normalized spacial score (nSPS) is 18.8. The molecule has 2 aliphatic rings. The summed E-state index contributed by atoms with van der Waals surface area (Å²) in [7, 11) is 1.70. The molecule has 2 saturated heterocycles. The molecule has 224 valence electrons. The molecule has 3 aromatic carbocycles. The predicted molar refractivity (Wildman–Crippen MR) is 163 cm³/mol. The summed E-state index contributed by atoms with van der Waals surface area (Å²) in [6.07, 6.45) is 6.86. The molecule has 0 saturated carbocycles.